The molecule has 164 valence electrons. The average Bonchev–Trinajstić information content (AvgIpc) is 3.04. The van der Waals surface area contributed by atoms with Crippen LogP contribution in [0.4, 0.5) is 15.1 Å². The Balaban J connectivity index is 1.56. The zero-order valence-electron chi connectivity index (χ0n) is 18.3. The molecule has 1 fully saturated rings. The lowest BCUT2D eigenvalue weighted by atomic mass is 10.1. The molecule has 0 unspecified atom stereocenters. The van der Waals surface area contributed by atoms with Gasteiger partial charge in [-0.3, -0.25) is 0 Å². The predicted octanol–water partition coefficient (Wildman–Crippen LogP) is 5.04. The lowest BCUT2D eigenvalue weighted by molar-refractivity contribution is 0.0206. The second-order valence-electron chi connectivity index (χ2n) is 9.05. The Morgan fingerprint density at radius 2 is 2.03 bits per heavy atom. The van der Waals surface area contributed by atoms with Crippen LogP contribution in [-0.4, -0.2) is 45.3 Å². The van der Waals surface area contributed by atoms with Crippen LogP contribution in [0.25, 0.3) is 11.0 Å². The Bertz CT molecular complexity index is 1070. The summed E-state index contributed by atoms with van der Waals surface area (Å²) in [5, 5.41) is 3.53. The number of hydrogen-bond acceptors (Lipinski definition) is 4. The van der Waals surface area contributed by atoms with Crippen molar-refractivity contribution in [2.45, 2.75) is 51.8 Å². The second kappa shape index (κ2) is 8.57. The molecule has 0 bridgehead atoms. The number of aromatic nitrogens is 2. The van der Waals surface area contributed by atoms with E-state index >= 15 is 0 Å². The van der Waals surface area contributed by atoms with Crippen molar-refractivity contribution < 1.29 is 13.9 Å². The Labute approximate surface area is 182 Å². The maximum absolute atomic E-state index is 13.7. The van der Waals surface area contributed by atoms with Gasteiger partial charge in [0, 0.05) is 19.1 Å². The molecule has 4 rings (SSSR count). The number of hydrogen-bond donors (Lipinski definition) is 1. The van der Waals surface area contributed by atoms with E-state index in [2.05, 4.69) is 9.88 Å². The monoisotopic (exact) mass is 424 g/mol. The van der Waals surface area contributed by atoms with Gasteiger partial charge in [0.25, 0.3) is 0 Å². The number of para-hydroxylation sites is 2. The van der Waals surface area contributed by atoms with Gasteiger partial charge in [0.1, 0.15) is 11.4 Å². The molecule has 1 saturated heterocycles. The minimum absolute atomic E-state index is 0.0596. The van der Waals surface area contributed by atoms with Gasteiger partial charge >= 0.3 is 6.09 Å². The Kier molecular flexibility index (Phi) is 5.85. The van der Waals surface area contributed by atoms with Gasteiger partial charge in [-0.15, -0.1) is 0 Å². The van der Waals surface area contributed by atoms with Gasteiger partial charge in [0.15, 0.2) is 0 Å². The van der Waals surface area contributed by atoms with E-state index in [0.717, 1.165) is 35.4 Å². The number of likely N-dealkylation sites (tertiary alicyclic amines) is 1. The zero-order valence-corrected chi connectivity index (χ0v) is 18.3. The summed E-state index contributed by atoms with van der Waals surface area (Å²) >= 11 is 0. The first kappa shape index (κ1) is 21.2. The summed E-state index contributed by atoms with van der Waals surface area (Å²) in [5.74, 6) is 0.471. The number of rotatable bonds is 4. The van der Waals surface area contributed by atoms with E-state index in [9.17, 15) is 9.18 Å². The molecule has 1 amide bonds. The summed E-state index contributed by atoms with van der Waals surface area (Å²) in [6.45, 7) is 7.37. The number of fused-ring (bicyclic) bond motifs is 1. The van der Waals surface area contributed by atoms with Crippen LogP contribution in [-0.2, 0) is 11.3 Å². The van der Waals surface area contributed by atoms with E-state index < -0.39 is 5.60 Å². The van der Waals surface area contributed by atoms with Crippen molar-refractivity contribution in [1.82, 2.24) is 14.5 Å². The molecule has 1 aliphatic heterocycles. The summed E-state index contributed by atoms with van der Waals surface area (Å²) in [4.78, 5) is 19.0. The number of ether oxygens (including phenoxy) is 1. The first-order valence-electron chi connectivity index (χ1n) is 10.7. The van der Waals surface area contributed by atoms with Crippen molar-refractivity contribution in [2.24, 2.45) is 0 Å². The lowest BCUT2D eigenvalue weighted by Crippen LogP contribution is -2.47. The lowest BCUT2D eigenvalue weighted by Gasteiger charge is -2.34. The van der Waals surface area contributed by atoms with Crippen LogP contribution in [0.1, 0.15) is 39.2 Å². The van der Waals surface area contributed by atoms with Gasteiger partial charge in [-0.2, -0.15) is 0 Å². The number of imidazole rings is 1. The van der Waals surface area contributed by atoms with Crippen LogP contribution >= 0.6 is 0 Å². The zero-order chi connectivity index (χ0) is 22.0. The molecule has 1 aliphatic rings. The molecular weight excluding hydrogens is 395 g/mol. The molecule has 0 spiro atoms. The van der Waals surface area contributed by atoms with Gasteiger partial charge in [-0.25, -0.2) is 14.2 Å². The fraction of sp³-hybridized carbons (Fsp3) is 0.417. The largest absolute Gasteiger partial charge is 0.444 e. The van der Waals surface area contributed by atoms with Crippen LogP contribution in [0, 0.1) is 5.82 Å². The molecule has 0 aliphatic carbocycles. The Morgan fingerprint density at radius 3 is 2.81 bits per heavy atom. The quantitative estimate of drug-likeness (QED) is 0.638. The average molecular weight is 425 g/mol. The van der Waals surface area contributed by atoms with E-state index in [4.69, 9.17) is 9.72 Å². The van der Waals surface area contributed by atoms with Crippen LogP contribution in [0.15, 0.2) is 48.5 Å². The maximum atomic E-state index is 13.7. The molecule has 31 heavy (non-hydrogen) atoms. The van der Waals surface area contributed by atoms with Gasteiger partial charge in [0.05, 0.1) is 17.6 Å². The van der Waals surface area contributed by atoms with E-state index in [1.54, 1.807) is 17.0 Å². The number of carbonyl (C=O) groups excluding carboxylic acids is 1. The molecule has 2 aromatic carbocycles. The molecular formula is C24H29FN4O2. The molecule has 1 atom stereocenters. The number of nitrogens with zero attached hydrogens (tertiary/aromatic N) is 3. The molecule has 6 nitrogen and oxygen atoms in total. The SMILES string of the molecule is CC(C)(C)OC(=O)N1CCC[C@@H](Nc2nc3ccccc3n2Cc2cccc(F)c2)C1. The number of piperidine rings is 1. The molecule has 0 saturated carbocycles. The third-order valence-corrected chi connectivity index (χ3v) is 5.29. The highest BCUT2D eigenvalue weighted by molar-refractivity contribution is 5.79. The van der Waals surface area contributed by atoms with Gasteiger partial charge < -0.3 is 19.5 Å². The molecule has 1 N–H and O–H groups in total. The molecule has 0 radical (unpaired) electrons. The summed E-state index contributed by atoms with van der Waals surface area (Å²) in [7, 11) is 0. The number of halogens is 1. The van der Waals surface area contributed by atoms with E-state index in [0.29, 0.717) is 19.6 Å². The Morgan fingerprint density at radius 1 is 1.23 bits per heavy atom. The molecule has 3 aromatic rings. The normalized spacial score (nSPS) is 17.0. The highest BCUT2D eigenvalue weighted by atomic mass is 19.1. The first-order valence-corrected chi connectivity index (χ1v) is 10.7. The maximum Gasteiger partial charge on any atom is 0.410 e. The van der Waals surface area contributed by atoms with Crippen molar-refractivity contribution in [3.63, 3.8) is 0 Å². The highest BCUT2D eigenvalue weighted by Gasteiger charge is 2.28. The summed E-state index contributed by atoms with van der Waals surface area (Å²) < 4.78 is 21.3. The molecule has 2 heterocycles. The third-order valence-electron chi connectivity index (χ3n) is 5.29. The van der Waals surface area contributed by atoms with Crippen molar-refractivity contribution >= 4 is 23.1 Å². The fourth-order valence-electron chi connectivity index (χ4n) is 3.93. The van der Waals surface area contributed by atoms with Crippen molar-refractivity contribution in [1.29, 1.82) is 0 Å². The van der Waals surface area contributed by atoms with Crippen LogP contribution in [0.5, 0.6) is 0 Å². The van der Waals surface area contributed by atoms with Crippen LogP contribution in [0.3, 0.4) is 0 Å². The summed E-state index contributed by atoms with van der Waals surface area (Å²) in [5.41, 5.74) is 2.21. The molecule has 1 aromatic heterocycles. The second-order valence-corrected chi connectivity index (χ2v) is 9.05. The third kappa shape index (κ3) is 5.16. The van der Waals surface area contributed by atoms with Gasteiger partial charge in [0.2, 0.25) is 5.95 Å². The number of carbonyl (C=O) groups is 1. The van der Waals surface area contributed by atoms with Gasteiger partial charge in [-0.1, -0.05) is 24.3 Å². The number of nitrogens with one attached hydrogen (secondary N) is 1. The highest BCUT2D eigenvalue weighted by Crippen LogP contribution is 2.24. The minimum Gasteiger partial charge on any atom is -0.444 e. The van der Waals surface area contributed by atoms with E-state index in [1.807, 2.05) is 51.1 Å². The number of amides is 1. The van der Waals surface area contributed by atoms with Gasteiger partial charge in [-0.05, 0) is 63.4 Å². The summed E-state index contributed by atoms with van der Waals surface area (Å²) in [6.07, 6.45) is 1.54. The molecule has 7 heteroatoms. The van der Waals surface area contributed by atoms with Crippen molar-refractivity contribution in [3.05, 3.63) is 59.9 Å². The first-order chi connectivity index (χ1) is 14.8. The van der Waals surface area contributed by atoms with Crippen molar-refractivity contribution in [3.8, 4) is 0 Å². The van der Waals surface area contributed by atoms with Crippen LogP contribution < -0.4 is 5.32 Å². The van der Waals surface area contributed by atoms with Crippen LogP contribution in [0.2, 0.25) is 0 Å². The number of benzene rings is 2. The summed E-state index contributed by atoms with van der Waals surface area (Å²) in [6, 6.07) is 14.6. The number of anilines is 1. The van der Waals surface area contributed by atoms with Crippen molar-refractivity contribution in [2.75, 3.05) is 18.4 Å². The minimum atomic E-state index is -0.517. The Hall–Kier alpha value is -3.09. The van der Waals surface area contributed by atoms with E-state index in [1.165, 1.54) is 6.07 Å². The van der Waals surface area contributed by atoms with E-state index in [-0.39, 0.29) is 18.0 Å². The fourth-order valence-corrected chi connectivity index (χ4v) is 3.93. The topological polar surface area (TPSA) is 59.4 Å². The predicted molar refractivity (Wildman–Crippen MR) is 120 cm³/mol. The standard InChI is InChI=1S/C24H29FN4O2/c1-24(2,3)31-23(30)28-13-7-10-19(16-28)26-22-27-20-11-4-5-12-21(20)29(22)15-17-8-6-9-18(25)14-17/h4-6,8-9,11-12,14,19H,7,10,13,15-16H2,1-3H3,(H,26,27)/t19-/m1/s1. The smallest absolute Gasteiger partial charge is 0.410 e.